The molecule has 0 radical (unpaired) electrons. The van der Waals surface area contributed by atoms with Gasteiger partial charge in [-0.2, -0.15) is 0 Å². The summed E-state index contributed by atoms with van der Waals surface area (Å²) in [5, 5.41) is 0.716. The maximum absolute atomic E-state index is 13.3. The molecule has 3 aromatic rings. The number of H-pyrrole nitrogens is 1. The van der Waals surface area contributed by atoms with E-state index in [2.05, 4.69) is 15.0 Å². The van der Waals surface area contributed by atoms with Crippen LogP contribution in [-0.4, -0.2) is 28.7 Å². The molecule has 0 spiro atoms. The third-order valence-corrected chi connectivity index (χ3v) is 4.97. The van der Waals surface area contributed by atoms with Gasteiger partial charge in [-0.05, 0) is 37.0 Å². The van der Waals surface area contributed by atoms with E-state index in [1.807, 2.05) is 6.07 Å². The lowest BCUT2D eigenvalue weighted by molar-refractivity contribution is 0.278. The van der Waals surface area contributed by atoms with Crippen molar-refractivity contribution in [2.75, 3.05) is 13.7 Å². The largest absolute Gasteiger partial charge is 0.491 e. The van der Waals surface area contributed by atoms with E-state index >= 15 is 0 Å². The predicted molar refractivity (Wildman–Crippen MR) is 94.6 cm³/mol. The number of thioether (sulfide) groups is 1. The fourth-order valence-corrected chi connectivity index (χ4v) is 3.39. The Labute approximate surface area is 149 Å². The number of nitrogens with zero attached hydrogens (tertiary/aromatic N) is 2. The van der Waals surface area contributed by atoms with Gasteiger partial charge in [0.25, 0.3) is 0 Å². The second-order valence-corrected chi connectivity index (χ2v) is 7.00. The Morgan fingerprint density at radius 2 is 2.20 bits per heavy atom. The Kier molecular flexibility index (Phi) is 4.48. The average molecular weight is 359 g/mol. The van der Waals surface area contributed by atoms with Crippen molar-refractivity contribution in [3.63, 3.8) is 0 Å². The second-order valence-electron chi connectivity index (χ2n) is 6.04. The normalized spacial score (nSPS) is 14.0. The summed E-state index contributed by atoms with van der Waals surface area (Å²) in [5.74, 6) is 2.36. The first-order valence-corrected chi connectivity index (χ1v) is 9.14. The number of halogens is 1. The SMILES string of the molecule is COc1c(OCC2CC2)ccnc1CSc1nc2ccc(F)cc2[nH]1. The number of pyridine rings is 1. The van der Waals surface area contributed by atoms with Gasteiger partial charge in [0, 0.05) is 18.0 Å². The second kappa shape index (κ2) is 6.92. The van der Waals surface area contributed by atoms with Crippen molar-refractivity contribution >= 4 is 22.8 Å². The molecular weight excluding hydrogens is 341 g/mol. The van der Waals surface area contributed by atoms with Crippen LogP contribution in [-0.2, 0) is 5.75 Å². The zero-order valence-electron chi connectivity index (χ0n) is 13.8. The quantitative estimate of drug-likeness (QED) is 0.641. The van der Waals surface area contributed by atoms with Crippen LogP contribution in [0.2, 0.25) is 0 Å². The number of rotatable bonds is 7. The lowest BCUT2D eigenvalue weighted by atomic mass is 10.3. The summed E-state index contributed by atoms with van der Waals surface area (Å²) in [6.07, 6.45) is 4.21. The van der Waals surface area contributed by atoms with Crippen LogP contribution in [0.3, 0.4) is 0 Å². The minimum atomic E-state index is -0.281. The first-order valence-electron chi connectivity index (χ1n) is 8.15. The number of hydrogen-bond donors (Lipinski definition) is 1. The number of benzene rings is 1. The average Bonchev–Trinajstić information content (AvgIpc) is 3.36. The molecule has 0 amide bonds. The lowest BCUT2D eigenvalue weighted by Crippen LogP contribution is -2.03. The van der Waals surface area contributed by atoms with Gasteiger partial charge < -0.3 is 14.5 Å². The standard InChI is InChI=1S/C18H18FN3O2S/c1-23-17-15(20-7-6-16(17)24-9-11-2-3-11)10-25-18-21-13-5-4-12(19)8-14(13)22-18/h4-8,11H,2-3,9-10H2,1H3,(H,21,22). The van der Waals surface area contributed by atoms with Crippen LogP contribution in [0.4, 0.5) is 4.39 Å². The topological polar surface area (TPSA) is 60.0 Å². The zero-order valence-corrected chi connectivity index (χ0v) is 14.6. The maximum atomic E-state index is 13.3. The summed E-state index contributed by atoms with van der Waals surface area (Å²) in [4.78, 5) is 12.0. The highest BCUT2D eigenvalue weighted by molar-refractivity contribution is 7.98. The van der Waals surface area contributed by atoms with E-state index < -0.39 is 0 Å². The highest BCUT2D eigenvalue weighted by Gasteiger charge is 2.23. The predicted octanol–water partition coefficient (Wildman–Crippen LogP) is 4.19. The molecule has 1 aliphatic carbocycles. The summed E-state index contributed by atoms with van der Waals surface area (Å²) in [6.45, 7) is 0.724. The number of fused-ring (bicyclic) bond motifs is 1. The molecule has 4 rings (SSSR count). The number of ether oxygens (including phenoxy) is 2. The van der Waals surface area contributed by atoms with Crippen molar-refractivity contribution in [1.29, 1.82) is 0 Å². The number of imidazole rings is 1. The number of aromatic amines is 1. The fraction of sp³-hybridized carbons (Fsp3) is 0.333. The lowest BCUT2D eigenvalue weighted by Gasteiger charge is -2.13. The molecule has 1 saturated carbocycles. The van der Waals surface area contributed by atoms with Crippen molar-refractivity contribution in [2.45, 2.75) is 23.8 Å². The van der Waals surface area contributed by atoms with Crippen LogP contribution >= 0.6 is 11.8 Å². The Balaban J connectivity index is 1.49. The van der Waals surface area contributed by atoms with Crippen LogP contribution in [0.1, 0.15) is 18.5 Å². The molecule has 25 heavy (non-hydrogen) atoms. The third kappa shape index (κ3) is 3.71. The van der Waals surface area contributed by atoms with Crippen molar-refractivity contribution in [3.05, 3.63) is 42.0 Å². The molecule has 5 nitrogen and oxygen atoms in total. The maximum Gasteiger partial charge on any atom is 0.183 e. The van der Waals surface area contributed by atoms with E-state index in [0.29, 0.717) is 28.1 Å². The molecule has 2 aromatic heterocycles. The summed E-state index contributed by atoms with van der Waals surface area (Å²) < 4.78 is 24.7. The summed E-state index contributed by atoms with van der Waals surface area (Å²) in [5.41, 5.74) is 2.22. The smallest absolute Gasteiger partial charge is 0.183 e. The van der Waals surface area contributed by atoms with Gasteiger partial charge in [0.15, 0.2) is 16.7 Å². The first kappa shape index (κ1) is 16.2. The van der Waals surface area contributed by atoms with Gasteiger partial charge in [0.05, 0.1) is 30.4 Å². The van der Waals surface area contributed by atoms with E-state index in [1.165, 1.54) is 36.7 Å². The molecule has 7 heteroatoms. The Morgan fingerprint density at radius 3 is 3.00 bits per heavy atom. The number of hydrogen-bond acceptors (Lipinski definition) is 5. The van der Waals surface area contributed by atoms with Gasteiger partial charge in [0.1, 0.15) is 5.82 Å². The molecule has 2 heterocycles. The molecule has 1 N–H and O–H groups in total. The Bertz CT molecular complexity index is 895. The minimum Gasteiger partial charge on any atom is -0.491 e. The van der Waals surface area contributed by atoms with E-state index in [9.17, 15) is 4.39 Å². The van der Waals surface area contributed by atoms with E-state index in [-0.39, 0.29) is 5.82 Å². The molecule has 1 fully saturated rings. The van der Waals surface area contributed by atoms with Crippen molar-refractivity contribution in [2.24, 2.45) is 5.92 Å². The van der Waals surface area contributed by atoms with E-state index in [1.54, 1.807) is 19.4 Å². The van der Waals surface area contributed by atoms with Crippen molar-refractivity contribution in [1.82, 2.24) is 15.0 Å². The fourth-order valence-electron chi connectivity index (χ4n) is 2.56. The van der Waals surface area contributed by atoms with Gasteiger partial charge in [0.2, 0.25) is 0 Å². The molecule has 1 aliphatic rings. The van der Waals surface area contributed by atoms with Gasteiger partial charge in [-0.15, -0.1) is 0 Å². The summed E-state index contributed by atoms with van der Waals surface area (Å²) >= 11 is 1.49. The van der Waals surface area contributed by atoms with Gasteiger partial charge in [-0.1, -0.05) is 11.8 Å². The Hall–Kier alpha value is -2.28. The van der Waals surface area contributed by atoms with Crippen molar-refractivity contribution < 1.29 is 13.9 Å². The van der Waals surface area contributed by atoms with Crippen LogP contribution in [0, 0.1) is 11.7 Å². The monoisotopic (exact) mass is 359 g/mol. The van der Waals surface area contributed by atoms with Gasteiger partial charge >= 0.3 is 0 Å². The highest BCUT2D eigenvalue weighted by atomic mass is 32.2. The first-order chi connectivity index (χ1) is 12.2. The van der Waals surface area contributed by atoms with E-state index in [4.69, 9.17) is 9.47 Å². The molecule has 0 aliphatic heterocycles. The van der Waals surface area contributed by atoms with Crippen LogP contribution in [0.5, 0.6) is 11.5 Å². The molecule has 0 saturated heterocycles. The molecule has 130 valence electrons. The highest BCUT2D eigenvalue weighted by Crippen LogP contribution is 2.35. The van der Waals surface area contributed by atoms with Crippen LogP contribution in [0.25, 0.3) is 11.0 Å². The van der Waals surface area contributed by atoms with Crippen LogP contribution < -0.4 is 9.47 Å². The number of nitrogens with one attached hydrogen (secondary N) is 1. The third-order valence-electron chi connectivity index (χ3n) is 4.09. The molecule has 0 bridgehead atoms. The zero-order chi connectivity index (χ0) is 17.2. The Morgan fingerprint density at radius 1 is 1.32 bits per heavy atom. The van der Waals surface area contributed by atoms with Gasteiger partial charge in [-0.3, -0.25) is 4.98 Å². The number of methoxy groups -OCH3 is 1. The van der Waals surface area contributed by atoms with Crippen LogP contribution in [0.15, 0.2) is 35.6 Å². The molecular formula is C18H18FN3O2S. The van der Waals surface area contributed by atoms with Crippen molar-refractivity contribution in [3.8, 4) is 11.5 Å². The van der Waals surface area contributed by atoms with Gasteiger partial charge in [-0.25, -0.2) is 9.37 Å². The van der Waals surface area contributed by atoms with E-state index in [0.717, 1.165) is 23.6 Å². The summed E-state index contributed by atoms with van der Waals surface area (Å²) in [7, 11) is 1.62. The molecule has 1 aromatic carbocycles. The number of aromatic nitrogens is 3. The molecule has 0 atom stereocenters. The molecule has 0 unspecified atom stereocenters. The summed E-state index contributed by atoms with van der Waals surface area (Å²) in [6, 6.07) is 6.34. The minimum absolute atomic E-state index is 0.281.